The van der Waals surface area contributed by atoms with Crippen molar-refractivity contribution in [3.05, 3.63) is 42.5 Å². The van der Waals surface area contributed by atoms with Gasteiger partial charge in [0.05, 0.1) is 39.6 Å². The fourth-order valence-corrected chi connectivity index (χ4v) is 12.3. The number of ether oxygens (including phenoxy) is 13. The zero-order valence-corrected chi connectivity index (χ0v) is 41.6. The van der Waals surface area contributed by atoms with Crippen molar-refractivity contribution in [3.8, 4) is 0 Å². The van der Waals surface area contributed by atoms with E-state index in [0.717, 1.165) is 0 Å². The number of hydrogen-bond acceptors (Lipinski definition) is 31. The van der Waals surface area contributed by atoms with Crippen LogP contribution in [-0.4, -0.2) is 309 Å². The minimum atomic E-state index is -4.90. The fraction of sp³-hybridized carbons (Fsp3) is 0.783. The summed E-state index contributed by atoms with van der Waals surface area (Å²) in [6.07, 6.45) is -57.1. The summed E-state index contributed by atoms with van der Waals surface area (Å²) in [5.74, 6) is 0. The molecule has 440 valence electrons. The Morgan fingerprint density at radius 2 is 0.718 bits per heavy atom. The van der Waals surface area contributed by atoms with E-state index in [0.29, 0.717) is 5.39 Å². The van der Waals surface area contributed by atoms with Gasteiger partial charge in [-0.15, -0.1) is 0 Å². The van der Waals surface area contributed by atoms with Crippen LogP contribution < -0.4 is 0 Å². The molecule has 2 aromatic rings. The van der Waals surface area contributed by atoms with Gasteiger partial charge in [0.15, 0.2) is 43.8 Å². The van der Waals surface area contributed by atoms with E-state index >= 15 is 0 Å². The van der Waals surface area contributed by atoms with Gasteiger partial charge in [-0.05, 0) is 11.5 Å². The highest BCUT2D eigenvalue weighted by atomic mass is 32.2. The lowest BCUT2D eigenvalue weighted by Crippen LogP contribution is -2.68. The number of aliphatic hydroxyl groups excluding tert-OH is 15. The quantitative estimate of drug-likeness (QED) is 0.109. The minimum absolute atomic E-state index is 0.232. The van der Waals surface area contributed by atoms with Crippen LogP contribution in [0.1, 0.15) is 0 Å². The van der Waals surface area contributed by atoms with Gasteiger partial charge in [0.25, 0.3) is 10.1 Å². The number of aliphatic hydroxyl groups is 15. The molecule has 0 aliphatic carbocycles. The molecule has 0 amide bonds. The van der Waals surface area contributed by atoms with Crippen LogP contribution in [0.3, 0.4) is 0 Å². The maximum absolute atomic E-state index is 14.4. The molecular formula is C46H64O31S. The van der Waals surface area contributed by atoms with E-state index in [4.69, 9.17) is 65.8 Å². The summed E-state index contributed by atoms with van der Waals surface area (Å²) in [6, 6.07) is 10.8. The highest BCUT2D eigenvalue weighted by molar-refractivity contribution is 7.87. The summed E-state index contributed by atoms with van der Waals surface area (Å²) in [7, 11) is -4.90. The van der Waals surface area contributed by atoms with Gasteiger partial charge in [-0.3, -0.25) is 4.18 Å². The van der Waals surface area contributed by atoms with Crippen molar-refractivity contribution >= 4 is 20.9 Å². The molecule has 2 aromatic carbocycles. The van der Waals surface area contributed by atoms with Crippen molar-refractivity contribution in [1.29, 1.82) is 0 Å². The van der Waals surface area contributed by atoms with Crippen LogP contribution in [-0.2, 0) is 75.9 Å². The number of benzene rings is 2. The average molecular weight is 1150 g/mol. The lowest BCUT2D eigenvalue weighted by Gasteiger charge is -2.50. The lowest BCUT2D eigenvalue weighted by atomic mass is 9.95. The molecule has 19 rings (SSSR count). The molecule has 30 atom stereocenters. The Morgan fingerprint density at radius 3 is 1.09 bits per heavy atom. The average Bonchev–Trinajstić information content (AvgIpc) is 3.80. The monoisotopic (exact) mass is 1140 g/mol. The summed E-state index contributed by atoms with van der Waals surface area (Å²) < 4.78 is 111. The second-order valence-electron chi connectivity index (χ2n) is 20.0. The van der Waals surface area contributed by atoms with Crippen LogP contribution >= 0.6 is 0 Å². The molecular weight excluding hydrogens is 1080 g/mol. The van der Waals surface area contributed by atoms with Gasteiger partial charge < -0.3 is 138 Å². The molecule has 0 saturated carbocycles. The van der Waals surface area contributed by atoms with E-state index in [2.05, 4.69) is 0 Å². The molecule has 78 heavy (non-hydrogen) atoms. The van der Waals surface area contributed by atoms with E-state index in [9.17, 15) is 85.0 Å². The molecule has 0 radical (unpaired) electrons. The SMILES string of the molecule is O=S(=O)(O[C@H]1[C@H]2O[C@H]3[C@H](O)[C@@H](O)[C@@H](O[C@H]4[C@H](O)[C@@H](O)[C@@H](O[C@H]5[C@H](O)[C@@H](O)[C@@H](O[C@H]6[C@H](O)[C@@H](O)[C@@H](O[C@H]7[C@H](O)[C@@H](O)[C@@H](O[C@H]8[C@@H]1OC[C@H]8O2)O[C@@H]7CO)O[C@@H]6CO)O[C@@H]5CO)O[C@@H]4CO)O[C@@H]3CO)c1cccc2ccccc12. The van der Waals surface area contributed by atoms with Crippen molar-refractivity contribution in [3.63, 3.8) is 0 Å². The normalized spacial score (nSPS) is 49.4. The first-order valence-corrected chi connectivity index (χ1v) is 26.5. The van der Waals surface area contributed by atoms with Gasteiger partial charge in [0, 0.05) is 5.39 Å². The van der Waals surface area contributed by atoms with E-state index in [1.165, 1.54) is 18.2 Å². The molecule has 14 bridgehead atoms. The van der Waals surface area contributed by atoms with Gasteiger partial charge >= 0.3 is 0 Å². The Bertz CT molecular complexity index is 2420. The van der Waals surface area contributed by atoms with E-state index in [1.54, 1.807) is 24.3 Å². The largest absolute Gasteiger partial charge is 0.394 e. The van der Waals surface area contributed by atoms with Crippen LogP contribution in [0.5, 0.6) is 0 Å². The van der Waals surface area contributed by atoms with Gasteiger partial charge in [-0.25, -0.2) is 0 Å². The summed E-state index contributed by atoms with van der Waals surface area (Å²) in [6.45, 7) is -5.41. The lowest BCUT2D eigenvalue weighted by molar-refractivity contribution is -0.399. The van der Waals surface area contributed by atoms with Crippen LogP contribution in [0, 0.1) is 0 Å². The molecule has 0 spiro atoms. The van der Waals surface area contributed by atoms with Crippen LogP contribution in [0.2, 0.25) is 0 Å². The first kappa shape index (κ1) is 58.7. The van der Waals surface area contributed by atoms with Crippen molar-refractivity contribution < 1.29 is 151 Å². The molecule has 17 saturated heterocycles. The fourth-order valence-electron chi connectivity index (χ4n) is 11.0. The Hall–Kier alpha value is -2.51. The van der Waals surface area contributed by atoms with Crippen molar-refractivity contribution in [2.24, 2.45) is 0 Å². The van der Waals surface area contributed by atoms with Crippen LogP contribution in [0.4, 0.5) is 0 Å². The summed E-state index contributed by atoms with van der Waals surface area (Å²) in [5.41, 5.74) is 0. The summed E-state index contributed by atoms with van der Waals surface area (Å²) >= 11 is 0. The van der Waals surface area contributed by atoms with Gasteiger partial charge in [-0.1, -0.05) is 36.4 Å². The van der Waals surface area contributed by atoms with Crippen molar-refractivity contribution in [2.75, 3.05) is 39.6 Å². The van der Waals surface area contributed by atoms with Gasteiger partial charge in [0.2, 0.25) is 0 Å². The predicted octanol–water partition coefficient (Wildman–Crippen LogP) is -9.44. The molecule has 32 heteroatoms. The second kappa shape index (κ2) is 24.0. The summed E-state index contributed by atoms with van der Waals surface area (Å²) in [5, 5.41) is 168. The van der Waals surface area contributed by atoms with E-state index in [-0.39, 0.29) is 10.3 Å². The highest BCUT2D eigenvalue weighted by Gasteiger charge is 2.61. The Labute approximate surface area is 442 Å². The first-order chi connectivity index (χ1) is 37.3. The van der Waals surface area contributed by atoms with Gasteiger partial charge in [0.1, 0.15) is 145 Å². The third-order valence-corrected chi connectivity index (χ3v) is 16.5. The Balaban J connectivity index is 0.986. The molecule has 0 aromatic heterocycles. The predicted molar refractivity (Wildman–Crippen MR) is 242 cm³/mol. The number of rotatable bonds is 8. The molecule has 17 heterocycles. The van der Waals surface area contributed by atoms with Gasteiger partial charge in [-0.2, -0.15) is 8.42 Å². The third kappa shape index (κ3) is 10.9. The second-order valence-corrected chi connectivity index (χ2v) is 21.5. The zero-order valence-electron chi connectivity index (χ0n) is 40.8. The maximum atomic E-state index is 14.4. The van der Waals surface area contributed by atoms with Crippen molar-refractivity contribution in [2.45, 2.75) is 189 Å². The molecule has 0 unspecified atom stereocenters. The molecule has 17 aliphatic heterocycles. The first-order valence-electron chi connectivity index (χ1n) is 25.1. The zero-order chi connectivity index (χ0) is 55.6. The van der Waals surface area contributed by atoms with Crippen molar-refractivity contribution in [1.82, 2.24) is 0 Å². The topological polar surface area (TPSA) is 467 Å². The molecule has 31 nitrogen and oxygen atoms in total. The molecule has 17 fully saturated rings. The smallest absolute Gasteiger partial charge is 0.298 e. The maximum Gasteiger partial charge on any atom is 0.298 e. The highest BCUT2D eigenvalue weighted by Crippen LogP contribution is 2.42. The summed E-state index contributed by atoms with van der Waals surface area (Å²) in [4.78, 5) is -0.325. The molecule has 17 aliphatic rings. The number of hydrogen-bond donors (Lipinski definition) is 15. The van der Waals surface area contributed by atoms with E-state index in [1.807, 2.05) is 0 Å². The Morgan fingerprint density at radius 1 is 0.385 bits per heavy atom. The van der Waals surface area contributed by atoms with E-state index < -0.39 is 234 Å². The number of fused-ring (bicyclic) bond motifs is 1. The minimum Gasteiger partial charge on any atom is -0.394 e. The Kier molecular flexibility index (Phi) is 18.0. The standard InChI is InChI=1S/C46H64O31S/c47-8-16-33-23(52)28(57)41(65-16)72-34-17(9-48)67-43(30(59)24(34)53)74-36-19(11-50)69-45(32(61)26(36)55)76-38-21-13-64-39(38)40(77-78(62,63)22-7-3-5-14-4-1-2-6-15(14)22)46(70-21)75-37-20(12-51)68-44(31(60)27(37)56)73-35-18(10-49)66-42(71-33)29(58)25(35)54/h1-7,16-21,23-61H,8-13H2/t16-,17-,18-,19-,20-,21-,23-,24-,25-,26-,27-,28-,29-,30-,31-,32-,33-,34-,35-,36-,37-,38-,39+,40-,41-,42-,43-,44-,45-,46-/m1/s1. The third-order valence-electron chi connectivity index (χ3n) is 15.2. The molecule has 15 N–H and O–H groups in total. The van der Waals surface area contributed by atoms with Crippen LogP contribution in [0.15, 0.2) is 47.4 Å². The van der Waals surface area contributed by atoms with Crippen LogP contribution in [0.25, 0.3) is 10.8 Å².